The van der Waals surface area contributed by atoms with E-state index in [0.717, 1.165) is 0 Å². The number of carbonyl (C=O) groups is 2. The maximum absolute atomic E-state index is 11.9. The van der Waals surface area contributed by atoms with Crippen molar-refractivity contribution in [3.05, 3.63) is 35.9 Å². The molecule has 4 heteroatoms. The van der Waals surface area contributed by atoms with Crippen molar-refractivity contribution in [2.75, 3.05) is 0 Å². The third-order valence-electron chi connectivity index (χ3n) is 2.46. The van der Waals surface area contributed by atoms with Gasteiger partial charge < -0.3 is 11.1 Å². The van der Waals surface area contributed by atoms with Crippen LogP contribution in [-0.2, 0) is 4.79 Å². The topological polar surface area (TPSA) is 72.2 Å². The molecule has 0 heterocycles. The van der Waals surface area contributed by atoms with E-state index in [9.17, 15) is 9.59 Å². The van der Waals surface area contributed by atoms with Gasteiger partial charge in [-0.1, -0.05) is 39.0 Å². The number of amides is 2. The van der Waals surface area contributed by atoms with E-state index < -0.39 is 17.4 Å². The van der Waals surface area contributed by atoms with Crippen molar-refractivity contribution in [1.82, 2.24) is 5.32 Å². The van der Waals surface area contributed by atoms with Crippen molar-refractivity contribution in [2.45, 2.75) is 26.8 Å². The summed E-state index contributed by atoms with van der Waals surface area (Å²) < 4.78 is 0. The molecule has 17 heavy (non-hydrogen) atoms. The highest BCUT2D eigenvalue weighted by Crippen LogP contribution is 2.19. The van der Waals surface area contributed by atoms with Crippen LogP contribution < -0.4 is 11.1 Å². The zero-order chi connectivity index (χ0) is 13.1. The molecule has 1 aromatic rings. The second-order valence-electron chi connectivity index (χ2n) is 5.04. The Morgan fingerprint density at radius 1 is 1.18 bits per heavy atom. The molecule has 4 nitrogen and oxygen atoms in total. The van der Waals surface area contributed by atoms with E-state index in [0.29, 0.717) is 5.56 Å². The number of benzene rings is 1. The maximum atomic E-state index is 11.9. The summed E-state index contributed by atoms with van der Waals surface area (Å²) in [6.45, 7) is 5.56. The molecule has 0 aliphatic rings. The first-order valence-electron chi connectivity index (χ1n) is 5.47. The molecule has 1 rings (SSSR count). The molecule has 1 atom stereocenters. The summed E-state index contributed by atoms with van der Waals surface area (Å²) >= 11 is 0. The second-order valence-corrected chi connectivity index (χ2v) is 5.04. The zero-order valence-electron chi connectivity index (χ0n) is 10.4. The number of primary amides is 1. The molecule has 0 bridgehead atoms. The van der Waals surface area contributed by atoms with Crippen LogP contribution in [0, 0.1) is 5.41 Å². The lowest BCUT2D eigenvalue weighted by Crippen LogP contribution is -2.52. The van der Waals surface area contributed by atoms with Crippen molar-refractivity contribution in [3.8, 4) is 0 Å². The molecule has 0 aliphatic heterocycles. The standard InChI is InChI=1S/C13H18N2O2/c1-13(2,3)10(11(14)16)15-12(17)9-7-5-4-6-8-9/h4-8,10H,1-3H3,(H2,14,16)(H,15,17). The SMILES string of the molecule is CC(C)(C)C(NC(=O)c1ccccc1)C(N)=O. The van der Waals surface area contributed by atoms with Gasteiger partial charge in [-0.3, -0.25) is 9.59 Å². The molecule has 0 fully saturated rings. The van der Waals surface area contributed by atoms with Gasteiger partial charge in [0.2, 0.25) is 5.91 Å². The Hall–Kier alpha value is -1.84. The average Bonchev–Trinajstić information content (AvgIpc) is 2.24. The smallest absolute Gasteiger partial charge is 0.251 e. The Balaban J connectivity index is 2.83. The average molecular weight is 234 g/mol. The van der Waals surface area contributed by atoms with Crippen LogP contribution in [-0.4, -0.2) is 17.9 Å². The third kappa shape index (κ3) is 3.59. The largest absolute Gasteiger partial charge is 0.368 e. The summed E-state index contributed by atoms with van der Waals surface area (Å²) in [7, 11) is 0. The van der Waals surface area contributed by atoms with Gasteiger partial charge in [0.05, 0.1) is 0 Å². The summed E-state index contributed by atoms with van der Waals surface area (Å²) in [5.41, 5.74) is 5.41. The minimum atomic E-state index is -0.685. The highest BCUT2D eigenvalue weighted by molar-refractivity contribution is 5.97. The van der Waals surface area contributed by atoms with Gasteiger partial charge in [0.1, 0.15) is 6.04 Å². The van der Waals surface area contributed by atoms with E-state index in [-0.39, 0.29) is 5.91 Å². The van der Waals surface area contributed by atoms with Crippen LogP contribution >= 0.6 is 0 Å². The molecule has 1 unspecified atom stereocenters. The number of nitrogens with two attached hydrogens (primary N) is 1. The number of hydrogen-bond acceptors (Lipinski definition) is 2. The number of hydrogen-bond donors (Lipinski definition) is 2. The van der Waals surface area contributed by atoms with Gasteiger partial charge in [0, 0.05) is 5.56 Å². The molecular formula is C13H18N2O2. The quantitative estimate of drug-likeness (QED) is 0.827. The van der Waals surface area contributed by atoms with Crippen LogP contribution in [0.5, 0.6) is 0 Å². The summed E-state index contributed by atoms with van der Waals surface area (Å²) in [4.78, 5) is 23.2. The lowest BCUT2D eigenvalue weighted by Gasteiger charge is -2.28. The monoisotopic (exact) mass is 234 g/mol. The lowest BCUT2D eigenvalue weighted by atomic mass is 9.86. The first-order chi connectivity index (χ1) is 7.82. The van der Waals surface area contributed by atoms with Gasteiger partial charge in [0.25, 0.3) is 5.91 Å². The molecule has 0 aromatic heterocycles. The Morgan fingerprint density at radius 3 is 2.12 bits per heavy atom. The van der Waals surface area contributed by atoms with Crippen LogP contribution in [0.3, 0.4) is 0 Å². The molecule has 3 N–H and O–H groups in total. The van der Waals surface area contributed by atoms with Crippen molar-refractivity contribution in [1.29, 1.82) is 0 Å². The molecule has 2 amide bonds. The van der Waals surface area contributed by atoms with Crippen molar-refractivity contribution in [3.63, 3.8) is 0 Å². The molecular weight excluding hydrogens is 216 g/mol. The van der Waals surface area contributed by atoms with E-state index in [2.05, 4.69) is 5.32 Å². The molecule has 92 valence electrons. The van der Waals surface area contributed by atoms with E-state index >= 15 is 0 Å². The Bertz CT molecular complexity index is 407. The van der Waals surface area contributed by atoms with Gasteiger partial charge in [-0.25, -0.2) is 0 Å². The number of carbonyl (C=O) groups excluding carboxylic acids is 2. The van der Waals surface area contributed by atoms with Crippen LogP contribution in [0.25, 0.3) is 0 Å². The van der Waals surface area contributed by atoms with Crippen LogP contribution in [0.4, 0.5) is 0 Å². The molecule has 0 saturated heterocycles. The highest BCUT2D eigenvalue weighted by atomic mass is 16.2. The van der Waals surface area contributed by atoms with Gasteiger partial charge in [-0.05, 0) is 17.5 Å². The fourth-order valence-electron chi connectivity index (χ4n) is 1.52. The molecule has 0 spiro atoms. The second kappa shape index (κ2) is 4.99. The van der Waals surface area contributed by atoms with Gasteiger partial charge in [-0.2, -0.15) is 0 Å². The zero-order valence-corrected chi connectivity index (χ0v) is 10.4. The molecule has 0 aliphatic carbocycles. The molecule has 1 aromatic carbocycles. The molecule has 0 radical (unpaired) electrons. The summed E-state index contributed by atoms with van der Waals surface area (Å²) in [5.74, 6) is -0.814. The van der Waals surface area contributed by atoms with E-state index in [1.54, 1.807) is 24.3 Å². The fourth-order valence-corrected chi connectivity index (χ4v) is 1.52. The minimum Gasteiger partial charge on any atom is -0.368 e. The first kappa shape index (κ1) is 13.2. The summed E-state index contributed by atoms with van der Waals surface area (Å²) in [5, 5.41) is 2.66. The summed E-state index contributed by atoms with van der Waals surface area (Å²) in [6, 6.07) is 8.06. The third-order valence-corrected chi connectivity index (χ3v) is 2.46. The van der Waals surface area contributed by atoms with Gasteiger partial charge in [0.15, 0.2) is 0 Å². The van der Waals surface area contributed by atoms with Crippen molar-refractivity contribution >= 4 is 11.8 Å². The Kier molecular flexibility index (Phi) is 3.89. The van der Waals surface area contributed by atoms with Crippen molar-refractivity contribution < 1.29 is 9.59 Å². The predicted octanol–water partition coefficient (Wildman–Crippen LogP) is 1.32. The van der Waals surface area contributed by atoms with Gasteiger partial charge >= 0.3 is 0 Å². The van der Waals surface area contributed by atoms with Gasteiger partial charge in [-0.15, -0.1) is 0 Å². The van der Waals surface area contributed by atoms with Crippen LogP contribution in [0.2, 0.25) is 0 Å². The molecule has 0 saturated carbocycles. The van der Waals surface area contributed by atoms with Crippen LogP contribution in [0.15, 0.2) is 30.3 Å². The highest BCUT2D eigenvalue weighted by Gasteiger charge is 2.31. The Labute approximate surface area is 101 Å². The predicted molar refractivity (Wildman–Crippen MR) is 66.3 cm³/mol. The lowest BCUT2D eigenvalue weighted by molar-refractivity contribution is -0.122. The Morgan fingerprint density at radius 2 is 1.71 bits per heavy atom. The van der Waals surface area contributed by atoms with Crippen LogP contribution in [0.1, 0.15) is 31.1 Å². The van der Waals surface area contributed by atoms with Crippen molar-refractivity contribution in [2.24, 2.45) is 11.1 Å². The normalized spacial score (nSPS) is 12.9. The minimum absolute atomic E-state index is 0.288. The van der Waals surface area contributed by atoms with E-state index in [4.69, 9.17) is 5.73 Å². The van der Waals surface area contributed by atoms with E-state index in [1.165, 1.54) is 0 Å². The number of rotatable bonds is 3. The number of nitrogens with one attached hydrogen (secondary N) is 1. The van der Waals surface area contributed by atoms with E-state index in [1.807, 2.05) is 26.8 Å². The fraction of sp³-hybridized carbons (Fsp3) is 0.385. The maximum Gasteiger partial charge on any atom is 0.251 e. The summed E-state index contributed by atoms with van der Waals surface area (Å²) in [6.07, 6.45) is 0. The first-order valence-corrected chi connectivity index (χ1v) is 5.47.